The molecule has 2 nitrogen and oxygen atoms in total. The molecule has 0 bridgehead atoms. The summed E-state index contributed by atoms with van der Waals surface area (Å²) >= 11 is 1.58. The van der Waals surface area contributed by atoms with Crippen LogP contribution in [-0.2, 0) is 20.1 Å². The molecule has 6 aromatic rings. The molecule has 169 valence electrons. The summed E-state index contributed by atoms with van der Waals surface area (Å²) in [5, 5.41) is 2.16. The van der Waals surface area contributed by atoms with Crippen LogP contribution in [0.2, 0.25) is 0 Å². The zero-order valence-corrected chi connectivity index (χ0v) is 21.4. The van der Waals surface area contributed by atoms with Gasteiger partial charge in [0, 0.05) is 41.3 Å². The molecule has 0 saturated heterocycles. The van der Waals surface area contributed by atoms with Gasteiger partial charge in [-0.2, -0.15) is 11.3 Å². The second-order valence-corrected chi connectivity index (χ2v) is 8.51. The van der Waals surface area contributed by atoms with Gasteiger partial charge in [0.15, 0.2) is 0 Å². The number of hydrogen-bond acceptors (Lipinski definition) is 3. The van der Waals surface area contributed by atoms with Crippen molar-refractivity contribution in [3.63, 3.8) is 0 Å². The summed E-state index contributed by atoms with van der Waals surface area (Å²) in [6.07, 6.45) is 3.05. The molecule has 0 N–H and O–H groups in total. The summed E-state index contributed by atoms with van der Waals surface area (Å²) < 4.78 is 40.8. The molecule has 0 saturated carbocycles. The van der Waals surface area contributed by atoms with E-state index in [1.165, 1.54) is 11.8 Å². The number of nitrogens with zero attached hydrogens (tertiary/aromatic N) is 2. The number of aryl methyl sites for hydroxylation is 2. The largest absolute Gasteiger partial charge is 0.304 e. The van der Waals surface area contributed by atoms with Gasteiger partial charge in [-0.3, -0.25) is 0 Å². The molecule has 3 heterocycles. The summed E-state index contributed by atoms with van der Waals surface area (Å²) in [7, 11) is 0. The van der Waals surface area contributed by atoms with Crippen LogP contribution in [-0.4, -0.2) is 9.97 Å². The van der Waals surface area contributed by atoms with Crippen molar-refractivity contribution in [1.29, 1.82) is 0 Å². The van der Waals surface area contributed by atoms with Crippen molar-refractivity contribution in [3.8, 4) is 22.5 Å². The maximum atomic E-state index is 8.25. The van der Waals surface area contributed by atoms with Crippen LogP contribution >= 0.6 is 11.3 Å². The van der Waals surface area contributed by atoms with Crippen LogP contribution in [0.25, 0.3) is 42.7 Å². The minimum Gasteiger partial charge on any atom is -0.304 e. The van der Waals surface area contributed by atoms with E-state index in [0.29, 0.717) is 5.56 Å². The van der Waals surface area contributed by atoms with Crippen molar-refractivity contribution in [2.24, 2.45) is 0 Å². The molecule has 0 aliphatic heterocycles. The van der Waals surface area contributed by atoms with E-state index in [-0.39, 0.29) is 43.4 Å². The number of pyridine rings is 2. The molecule has 6 rings (SSSR count). The van der Waals surface area contributed by atoms with Crippen molar-refractivity contribution in [2.45, 2.75) is 13.8 Å². The number of benzene rings is 3. The van der Waals surface area contributed by atoms with Crippen LogP contribution < -0.4 is 0 Å². The van der Waals surface area contributed by atoms with E-state index in [1.54, 1.807) is 17.4 Å². The monoisotopic (exact) mass is 640 g/mol. The molecule has 3 aromatic carbocycles. The van der Waals surface area contributed by atoms with Crippen LogP contribution in [0.4, 0.5) is 0 Å². The quantitative estimate of drug-likeness (QED) is 0.179. The maximum absolute atomic E-state index is 8.25. The fraction of sp³-hybridized carbons (Fsp3) is 0.0667. The van der Waals surface area contributed by atoms with Crippen molar-refractivity contribution in [2.75, 3.05) is 0 Å². The number of fused-ring (bicyclic) bond motifs is 3. The van der Waals surface area contributed by atoms with Gasteiger partial charge in [0.1, 0.15) is 0 Å². The molecule has 3 aromatic heterocycles. The predicted octanol–water partition coefficient (Wildman–Crippen LogP) is 8.08. The molecule has 0 amide bonds. The van der Waals surface area contributed by atoms with Crippen molar-refractivity contribution in [3.05, 3.63) is 121 Å². The Bertz CT molecular complexity index is 1730. The van der Waals surface area contributed by atoms with Crippen LogP contribution in [0.5, 0.6) is 0 Å². The standard InChI is InChI=1S/C18H12NS.C12H10N.Ir/c1-12-9-10-16(19-11-12)15-7-4-6-14-13-5-2-3-8-17(13)20-18(14)15;1-10-7-8-12(13-9-10)11-5-3-2-4-6-11;/h2-6,8-11H,1H3;2-5,7-9H,1H3;/q2*-1;/i1D3,9D,10D;;. The molecule has 0 aliphatic carbocycles. The second kappa shape index (κ2) is 10.8. The van der Waals surface area contributed by atoms with Gasteiger partial charge in [0.2, 0.25) is 0 Å². The summed E-state index contributed by atoms with van der Waals surface area (Å²) in [5.74, 6) is 0. The molecular formula is C30H22IrN2S-2. The van der Waals surface area contributed by atoms with E-state index in [0.717, 1.165) is 31.4 Å². The molecule has 0 spiro atoms. The first kappa shape index (κ1) is 18.2. The number of rotatable bonds is 2. The van der Waals surface area contributed by atoms with Crippen LogP contribution in [0.3, 0.4) is 0 Å². The first-order chi connectivity index (χ1) is 18.2. The molecule has 0 aliphatic rings. The summed E-state index contributed by atoms with van der Waals surface area (Å²) in [6, 6.07) is 29.5. The van der Waals surface area contributed by atoms with E-state index in [2.05, 4.69) is 28.2 Å². The average Bonchev–Trinajstić information content (AvgIpc) is 3.30. The van der Waals surface area contributed by atoms with Gasteiger partial charge in [-0.15, -0.1) is 59.7 Å². The topological polar surface area (TPSA) is 25.8 Å². The number of aromatic nitrogens is 2. The molecule has 4 heteroatoms. The average molecular weight is 640 g/mol. The Morgan fingerprint density at radius 1 is 0.794 bits per heavy atom. The number of hydrogen-bond donors (Lipinski definition) is 0. The molecule has 0 unspecified atom stereocenters. The van der Waals surface area contributed by atoms with Crippen molar-refractivity contribution in [1.82, 2.24) is 9.97 Å². The van der Waals surface area contributed by atoms with Gasteiger partial charge in [-0.05, 0) is 52.4 Å². The fourth-order valence-corrected chi connectivity index (χ4v) is 4.69. The van der Waals surface area contributed by atoms with Gasteiger partial charge in [-0.1, -0.05) is 47.8 Å². The maximum Gasteiger partial charge on any atom is 0.0618 e. The third kappa shape index (κ3) is 5.15. The third-order valence-electron chi connectivity index (χ3n) is 5.11. The van der Waals surface area contributed by atoms with Crippen molar-refractivity contribution >= 4 is 31.5 Å². The Morgan fingerprint density at radius 3 is 2.41 bits per heavy atom. The van der Waals surface area contributed by atoms with Gasteiger partial charge < -0.3 is 9.97 Å². The summed E-state index contributed by atoms with van der Waals surface area (Å²) in [5.41, 5.74) is 3.92. The van der Waals surface area contributed by atoms with Crippen molar-refractivity contribution < 1.29 is 27.0 Å². The molecule has 1 radical (unpaired) electrons. The molecule has 34 heavy (non-hydrogen) atoms. The summed E-state index contributed by atoms with van der Waals surface area (Å²) in [6.45, 7) is -0.419. The number of thiophene rings is 1. The zero-order chi connectivity index (χ0) is 26.9. The Morgan fingerprint density at radius 2 is 1.62 bits per heavy atom. The Kier molecular flexibility index (Phi) is 5.80. The third-order valence-corrected chi connectivity index (χ3v) is 6.31. The van der Waals surface area contributed by atoms with Crippen LogP contribution in [0.15, 0.2) is 97.3 Å². The first-order valence-electron chi connectivity index (χ1n) is 12.9. The normalized spacial score (nSPS) is 12.9. The van der Waals surface area contributed by atoms with Crippen LogP contribution in [0, 0.1) is 25.9 Å². The van der Waals surface area contributed by atoms with Crippen LogP contribution in [0.1, 0.15) is 18.0 Å². The first-order valence-corrected chi connectivity index (χ1v) is 11.2. The SMILES string of the molecule is Cc1ccc(-c2[c-]cccc2)nc1.[2H]c1c(C([2H])([2H])[2H])cnc(-c2[c-]ccc3c2sc2ccccc23)c1[2H].[Ir]. The van der Waals surface area contributed by atoms with E-state index >= 15 is 0 Å². The smallest absolute Gasteiger partial charge is 0.0618 e. The zero-order valence-electron chi connectivity index (χ0n) is 23.2. The van der Waals surface area contributed by atoms with E-state index in [1.807, 2.05) is 73.8 Å². The molecular weight excluding hydrogens is 613 g/mol. The van der Waals surface area contributed by atoms with E-state index in [9.17, 15) is 0 Å². The Hall–Kier alpha value is -3.17. The van der Waals surface area contributed by atoms with Gasteiger partial charge in [0.05, 0.1) is 2.74 Å². The van der Waals surface area contributed by atoms with E-state index in [4.69, 9.17) is 6.85 Å². The van der Waals surface area contributed by atoms with E-state index < -0.39 is 6.85 Å². The Balaban J connectivity index is 0.000000213. The Labute approximate surface area is 224 Å². The second-order valence-electron chi connectivity index (χ2n) is 7.46. The molecule has 0 fully saturated rings. The van der Waals surface area contributed by atoms with Gasteiger partial charge >= 0.3 is 0 Å². The van der Waals surface area contributed by atoms with Gasteiger partial charge in [-0.25, -0.2) is 0 Å². The van der Waals surface area contributed by atoms with Gasteiger partial charge in [0.25, 0.3) is 0 Å². The molecule has 0 atom stereocenters. The minimum atomic E-state index is -2.45. The fourth-order valence-electron chi connectivity index (χ4n) is 3.49. The predicted molar refractivity (Wildman–Crippen MR) is 139 cm³/mol. The minimum absolute atomic E-state index is 0. The summed E-state index contributed by atoms with van der Waals surface area (Å²) in [4.78, 5) is 8.52.